The number of esters is 1. The Kier molecular flexibility index (Phi) is 16.4. The lowest BCUT2D eigenvalue weighted by Crippen LogP contribution is -2.42. The molecule has 2 aliphatic rings. The first kappa shape index (κ1) is 41.7. The highest BCUT2D eigenvalue weighted by molar-refractivity contribution is 6.21. The third-order valence-corrected chi connectivity index (χ3v) is 10.4. The van der Waals surface area contributed by atoms with Crippen LogP contribution in [0.4, 0.5) is 0 Å². The fourth-order valence-corrected chi connectivity index (χ4v) is 6.71. The summed E-state index contributed by atoms with van der Waals surface area (Å²) in [6.45, 7) is 11.1. The Morgan fingerprint density at radius 2 is 1.60 bits per heavy atom. The van der Waals surface area contributed by atoms with Crippen molar-refractivity contribution in [3.63, 3.8) is 0 Å². The van der Waals surface area contributed by atoms with Crippen molar-refractivity contribution in [2.24, 2.45) is 35.5 Å². The molecule has 0 radical (unpaired) electrons. The molecule has 1 saturated heterocycles. The first-order valence-electron chi connectivity index (χ1n) is 16.6. The second-order valence-corrected chi connectivity index (χ2v) is 14.5. The van der Waals surface area contributed by atoms with Gasteiger partial charge in [-0.2, -0.15) is 0 Å². The molecule has 2 heterocycles. The van der Waals surface area contributed by atoms with Crippen molar-refractivity contribution in [1.29, 1.82) is 0 Å². The minimum atomic E-state index is -1.62. The quantitative estimate of drug-likeness (QED) is 0.0813. The Bertz CT molecular complexity index is 1070. The highest BCUT2D eigenvalue weighted by Crippen LogP contribution is 2.33. The van der Waals surface area contributed by atoms with E-state index in [4.69, 9.17) is 26.2 Å². The Balaban J connectivity index is 2.19. The predicted molar refractivity (Wildman–Crippen MR) is 174 cm³/mol. The minimum Gasteiger partial charge on any atom is -0.459 e. The molecule has 272 valence electrons. The number of rotatable bonds is 12. The molecule has 1 fully saturated rings. The van der Waals surface area contributed by atoms with Gasteiger partial charge in [0.15, 0.2) is 5.78 Å². The summed E-state index contributed by atoms with van der Waals surface area (Å²) in [6.07, 6.45) is -6.96. The molecule has 0 spiro atoms. The summed E-state index contributed by atoms with van der Waals surface area (Å²) in [7, 11) is 0. The fourth-order valence-electron chi connectivity index (χ4n) is 6.35. The van der Waals surface area contributed by atoms with Crippen LogP contribution in [0.25, 0.3) is 0 Å². The van der Waals surface area contributed by atoms with Crippen LogP contribution in [0, 0.1) is 35.5 Å². The topological polar surface area (TPSA) is 214 Å². The zero-order valence-corrected chi connectivity index (χ0v) is 29.2. The second-order valence-electron chi connectivity index (χ2n) is 14.0. The van der Waals surface area contributed by atoms with Crippen LogP contribution in [0.3, 0.4) is 0 Å². The Morgan fingerprint density at radius 3 is 2.19 bits per heavy atom. The number of hydrogen-bond donors (Lipinski definition) is 8. The summed E-state index contributed by atoms with van der Waals surface area (Å²) in [6, 6.07) is 0. The summed E-state index contributed by atoms with van der Waals surface area (Å²) in [5.74, 6) is -5.04. The molecule has 2 rings (SSSR count). The Hall–Kier alpha value is -1.45. The van der Waals surface area contributed by atoms with Crippen molar-refractivity contribution >= 4 is 23.4 Å². The maximum atomic E-state index is 13.1. The van der Waals surface area contributed by atoms with Crippen molar-refractivity contribution < 1.29 is 59.9 Å². The van der Waals surface area contributed by atoms with Gasteiger partial charge < -0.3 is 50.3 Å². The molecule has 13 heteroatoms. The van der Waals surface area contributed by atoms with Crippen molar-refractivity contribution in [3.8, 4) is 0 Å². The molecular weight excluding hydrogens is 636 g/mol. The first-order chi connectivity index (χ1) is 21.8. The van der Waals surface area contributed by atoms with Gasteiger partial charge in [-0.15, -0.1) is 11.6 Å². The first-order valence-corrected chi connectivity index (χ1v) is 17.0. The molecule has 0 aliphatic carbocycles. The third kappa shape index (κ3) is 11.0. The van der Waals surface area contributed by atoms with E-state index in [2.05, 4.69) is 0 Å². The lowest BCUT2D eigenvalue weighted by molar-refractivity contribution is -0.167. The second kappa shape index (κ2) is 18.5. The Labute approximate surface area is 283 Å². The number of Topliss-reactive ketones (excluding diaryl/α,β-unsaturated/α-hetero) is 1. The maximum Gasteiger partial charge on any atom is 0.312 e. The number of ketones is 1. The van der Waals surface area contributed by atoms with Crippen LogP contribution in [-0.4, -0.2) is 126 Å². The van der Waals surface area contributed by atoms with Gasteiger partial charge in [0.25, 0.3) is 0 Å². The van der Waals surface area contributed by atoms with E-state index in [-0.39, 0.29) is 31.1 Å². The van der Waals surface area contributed by atoms with Gasteiger partial charge in [0.2, 0.25) is 0 Å². The molecule has 0 amide bonds. The number of aliphatic hydroxyl groups is 8. The zero-order chi connectivity index (χ0) is 35.9. The molecule has 8 N–H and O–H groups in total. The van der Waals surface area contributed by atoms with E-state index in [1.54, 1.807) is 53.7 Å². The number of fused-ring (bicyclic) bond motifs is 2. The summed E-state index contributed by atoms with van der Waals surface area (Å²) in [5, 5.41) is 83.4. The molecule has 0 aromatic carbocycles. The number of carbonyl (C=O) groups is 2. The van der Waals surface area contributed by atoms with E-state index >= 15 is 0 Å². The normalized spacial score (nSPS) is 37.1. The summed E-state index contributed by atoms with van der Waals surface area (Å²) < 4.78 is 11.6. The van der Waals surface area contributed by atoms with E-state index < -0.39 is 108 Å². The molecular formula is C34H57ClO12. The molecule has 0 unspecified atom stereocenters. The summed E-state index contributed by atoms with van der Waals surface area (Å²) in [4.78, 5) is 25.9. The standard InChI is InChI=1S/C34H57ClO12/c1-15(10-17(3)28(40)20(6)29(41)18(4)12-22(35)25(39)14-36)11-24(38)33-27-13-26(46-33)32(44)23(37)9-8-16(2)19(5)30(42)31(43)21(7)34(45)47-27/h8-10,15-16,18-29,31-33,36-41,43-44H,11-14H2,1-7H3/b9-8-,17-10+/t15-,16+,18+,19-,20+,21-,22-,23-,24-,25-,26-,27+,28-,29-,31-,32-,33-/m0/s1. The molecule has 2 aliphatic heterocycles. The van der Waals surface area contributed by atoms with Gasteiger partial charge in [0.05, 0.1) is 48.4 Å². The van der Waals surface area contributed by atoms with Crippen molar-refractivity contribution in [2.75, 3.05) is 6.61 Å². The van der Waals surface area contributed by atoms with Crippen molar-refractivity contribution in [3.05, 3.63) is 23.8 Å². The van der Waals surface area contributed by atoms with Crippen LogP contribution in [0.2, 0.25) is 0 Å². The molecule has 2 bridgehead atoms. The van der Waals surface area contributed by atoms with Gasteiger partial charge in [-0.25, -0.2) is 0 Å². The molecule has 0 saturated carbocycles. The number of halogens is 1. The smallest absolute Gasteiger partial charge is 0.312 e. The molecule has 47 heavy (non-hydrogen) atoms. The van der Waals surface area contributed by atoms with Crippen LogP contribution in [0.5, 0.6) is 0 Å². The van der Waals surface area contributed by atoms with Crippen LogP contribution in [0.15, 0.2) is 23.8 Å². The number of hydrogen-bond acceptors (Lipinski definition) is 12. The molecule has 0 aromatic rings. The predicted octanol–water partition coefficient (Wildman–Crippen LogP) is 0.864. The number of ether oxygens (including phenoxy) is 2. The van der Waals surface area contributed by atoms with Gasteiger partial charge in [0.1, 0.15) is 30.5 Å². The van der Waals surface area contributed by atoms with Gasteiger partial charge in [-0.05, 0) is 50.0 Å². The van der Waals surface area contributed by atoms with E-state index in [1.807, 2.05) is 0 Å². The van der Waals surface area contributed by atoms with Crippen LogP contribution in [0.1, 0.15) is 67.7 Å². The summed E-state index contributed by atoms with van der Waals surface area (Å²) in [5.41, 5.74) is 0.543. The van der Waals surface area contributed by atoms with Gasteiger partial charge in [-0.1, -0.05) is 52.8 Å². The average Bonchev–Trinajstić information content (AvgIpc) is 3.46. The lowest BCUT2D eigenvalue weighted by atomic mass is 9.83. The highest BCUT2D eigenvalue weighted by Gasteiger charge is 2.47. The van der Waals surface area contributed by atoms with E-state index in [0.29, 0.717) is 5.57 Å². The van der Waals surface area contributed by atoms with E-state index in [0.717, 1.165) is 0 Å². The Morgan fingerprint density at radius 1 is 0.979 bits per heavy atom. The SMILES string of the molecule is C/C(=C\[C@H](C)C[C@H](O)[C@@H]1O[C@H]2C[C@H]1OC(=O)[C@@H](C)[C@H](O)C(=O)[C@@H](C)[C@H](C)/C=C\[C@H](O)[C@@H]2O)[C@H](O)[C@@H](C)[C@@H](O)[C@H](C)C[C@H](Cl)[C@@H](O)CO. The van der Waals surface area contributed by atoms with Crippen LogP contribution in [-0.2, 0) is 19.1 Å². The number of carbonyl (C=O) groups excluding carboxylic acids is 2. The lowest BCUT2D eigenvalue weighted by Gasteiger charge is -2.31. The van der Waals surface area contributed by atoms with Gasteiger partial charge >= 0.3 is 5.97 Å². The molecule has 0 aromatic heterocycles. The minimum absolute atomic E-state index is 0.0453. The van der Waals surface area contributed by atoms with Crippen molar-refractivity contribution in [1.82, 2.24) is 0 Å². The summed E-state index contributed by atoms with van der Waals surface area (Å²) >= 11 is 6.13. The van der Waals surface area contributed by atoms with E-state index in [9.17, 15) is 45.3 Å². The fraction of sp³-hybridized carbons (Fsp3) is 0.824. The van der Waals surface area contributed by atoms with Crippen molar-refractivity contribution in [2.45, 2.75) is 134 Å². The largest absolute Gasteiger partial charge is 0.459 e. The number of aliphatic hydroxyl groups excluding tert-OH is 8. The number of allylic oxidation sites excluding steroid dienone is 2. The zero-order valence-electron chi connectivity index (χ0n) is 28.5. The van der Waals surface area contributed by atoms with Crippen LogP contribution < -0.4 is 0 Å². The van der Waals surface area contributed by atoms with Gasteiger partial charge in [-0.3, -0.25) is 9.59 Å². The molecule has 12 nitrogen and oxygen atoms in total. The highest BCUT2D eigenvalue weighted by atomic mass is 35.5. The molecule has 17 atom stereocenters. The maximum absolute atomic E-state index is 13.1. The third-order valence-electron chi connectivity index (χ3n) is 9.98. The van der Waals surface area contributed by atoms with Crippen LogP contribution >= 0.6 is 11.6 Å². The monoisotopic (exact) mass is 692 g/mol. The van der Waals surface area contributed by atoms with E-state index in [1.165, 1.54) is 13.0 Å². The van der Waals surface area contributed by atoms with Gasteiger partial charge in [0, 0.05) is 18.3 Å². The average molecular weight is 693 g/mol. The number of alkyl halides is 1.